The number of halogens is 1. The van der Waals surface area contributed by atoms with Crippen molar-refractivity contribution in [3.05, 3.63) is 70.6 Å². The second-order valence-corrected chi connectivity index (χ2v) is 6.82. The molecule has 25 heavy (non-hydrogen) atoms. The molecule has 0 spiro atoms. The molecule has 0 amide bonds. The third kappa shape index (κ3) is 3.58. The summed E-state index contributed by atoms with van der Waals surface area (Å²) in [7, 11) is 4.11. The molecule has 1 aliphatic heterocycles. The molecule has 0 fully saturated rings. The molecule has 0 N–H and O–H groups in total. The Labute approximate surface area is 148 Å². The van der Waals surface area contributed by atoms with Crippen LogP contribution in [0.1, 0.15) is 36.0 Å². The van der Waals surface area contributed by atoms with Gasteiger partial charge in [0, 0.05) is 0 Å². The zero-order valence-electron chi connectivity index (χ0n) is 14.8. The molecule has 2 aliphatic rings. The van der Waals surface area contributed by atoms with E-state index < -0.39 is 5.60 Å². The van der Waals surface area contributed by atoms with Crippen LogP contribution in [0.2, 0.25) is 0 Å². The largest absolute Gasteiger partial charge is 0.361 e. The lowest BCUT2D eigenvalue weighted by molar-refractivity contribution is -0.0146. The summed E-state index contributed by atoms with van der Waals surface area (Å²) in [6, 6.07) is 7.94. The van der Waals surface area contributed by atoms with Gasteiger partial charge in [0.1, 0.15) is 11.4 Å². The van der Waals surface area contributed by atoms with E-state index in [1.165, 1.54) is 6.08 Å². The molecule has 1 aliphatic carbocycles. The maximum Gasteiger partial charge on any atom is 0.119 e. The number of hydrogen-bond acceptors (Lipinski definition) is 3. The highest BCUT2D eigenvalue weighted by Crippen LogP contribution is 2.46. The lowest BCUT2D eigenvalue weighted by atomic mass is 9.80. The minimum Gasteiger partial charge on any atom is -0.361 e. The molecule has 0 saturated heterocycles. The average molecular weight is 338 g/mol. The predicted molar refractivity (Wildman–Crippen MR) is 96.4 cm³/mol. The summed E-state index contributed by atoms with van der Waals surface area (Å²) < 4.78 is 20.0. The lowest BCUT2D eigenvalue weighted by Gasteiger charge is -2.32. The van der Waals surface area contributed by atoms with Gasteiger partial charge in [0.25, 0.3) is 0 Å². The molecule has 3 nitrogen and oxygen atoms in total. The highest BCUT2D eigenvalue weighted by Gasteiger charge is 2.42. The Hall–Kier alpha value is -2.22. The van der Waals surface area contributed by atoms with Crippen molar-refractivity contribution in [2.24, 2.45) is 0 Å². The summed E-state index contributed by atoms with van der Waals surface area (Å²) in [6.07, 6.45) is 9.31. The van der Waals surface area contributed by atoms with E-state index in [4.69, 9.17) is 10.00 Å². The van der Waals surface area contributed by atoms with Crippen molar-refractivity contribution in [1.29, 1.82) is 5.26 Å². The van der Waals surface area contributed by atoms with Crippen molar-refractivity contribution < 1.29 is 9.13 Å². The fraction of sp³-hybridized carbons (Fsp3) is 0.381. The van der Waals surface area contributed by atoms with E-state index in [1.807, 2.05) is 30.4 Å². The molecule has 1 heterocycles. The van der Waals surface area contributed by atoms with Gasteiger partial charge in [-0.3, -0.25) is 0 Å². The van der Waals surface area contributed by atoms with Gasteiger partial charge in [-0.2, -0.15) is 5.26 Å². The molecule has 0 bridgehead atoms. The van der Waals surface area contributed by atoms with Gasteiger partial charge in [-0.25, -0.2) is 4.39 Å². The van der Waals surface area contributed by atoms with Crippen LogP contribution in [0.3, 0.4) is 0 Å². The van der Waals surface area contributed by atoms with Gasteiger partial charge in [0.05, 0.1) is 18.2 Å². The van der Waals surface area contributed by atoms with Crippen LogP contribution in [0.15, 0.2) is 53.9 Å². The van der Waals surface area contributed by atoms with Crippen molar-refractivity contribution in [2.45, 2.75) is 31.5 Å². The van der Waals surface area contributed by atoms with Crippen molar-refractivity contribution in [3.8, 4) is 6.07 Å². The maximum absolute atomic E-state index is 13.6. The number of nitriles is 1. The first-order valence-electron chi connectivity index (χ1n) is 8.62. The number of hydrogen-bond donors (Lipinski definition) is 0. The van der Waals surface area contributed by atoms with Crippen molar-refractivity contribution in [3.63, 3.8) is 0 Å². The Morgan fingerprint density at radius 2 is 2.12 bits per heavy atom. The summed E-state index contributed by atoms with van der Waals surface area (Å²) in [5.41, 5.74) is 3.23. The predicted octanol–water partition coefficient (Wildman–Crippen LogP) is 4.37. The first-order valence-corrected chi connectivity index (χ1v) is 8.62. The maximum atomic E-state index is 13.6. The summed E-state index contributed by atoms with van der Waals surface area (Å²) in [6.45, 7) is 1.44. The van der Waals surface area contributed by atoms with Gasteiger partial charge in [-0.15, -0.1) is 0 Å². The van der Waals surface area contributed by atoms with E-state index >= 15 is 0 Å². The summed E-state index contributed by atoms with van der Waals surface area (Å²) in [5.74, 6) is -0.215. The SMILES string of the molecule is CN(C)CCCC1(C2=CCC=C(F)C=C2)OCc2cc(C#N)ccc21. The lowest BCUT2D eigenvalue weighted by Crippen LogP contribution is -2.29. The third-order valence-electron chi connectivity index (χ3n) is 4.82. The van der Waals surface area contributed by atoms with Crippen LogP contribution >= 0.6 is 0 Å². The molecule has 0 radical (unpaired) electrons. The molecule has 3 rings (SSSR count). The van der Waals surface area contributed by atoms with Crippen LogP contribution in [0.5, 0.6) is 0 Å². The quantitative estimate of drug-likeness (QED) is 0.800. The van der Waals surface area contributed by atoms with Crippen LogP contribution < -0.4 is 0 Å². The molecule has 0 saturated carbocycles. The van der Waals surface area contributed by atoms with Crippen LogP contribution in [-0.2, 0) is 16.9 Å². The molecule has 1 aromatic rings. The smallest absolute Gasteiger partial charge is 0.119 e. The normalized spacial score (nSPS) is 22.2. The summed E-state index contributed by atoms with van der Waals surface area (Å²) >= 11 is 0. The molecule has 1 unspecified atom stereocenters. The highest BCUT2D eigenvalue weighted by atomic mass is 19.1. The standard InChI is InChI=1S/C21H23FN2O/c1-24(2)12-4-11-21(18-5-3-6-19(22)9-8-18)20-10-7-16(14-23)13-17(20)15-25-21/h5-10,13H,3-4,11-12,15H2,1-2H3. The number of nitrogens with zero attached hydrogens (tertiary/aromatic N) is 2. The Morgan fingerprint density at radius 3 is 2.88 bits per heavy atom. The van der Waals surface area contributed by atoms with E-state index in [9.17, 15) is 4.39 Å². The van der Waals surface area contributed by atoms with Gasteiger partial charge >= 0.3 is 0 Å². The van der Waals surface area contributed by atoms with Gasteiger partial charge in [-0.1, -0.05) is 18.2 Å². The summed E-state index contributed by atoms with van der Waals surface area (Å²) in [4.78, 5) is 2.15. The number of ether oxygens (including phenoxy) is 1. The van der Waals surface area contributed by atoms with E-state index in [0.29, 0.717) is 18.6 Å². The average Bonchev–Trinajstić information content (AvgIpc) is 2.81. The molecule has 1 aromatic carbocycles. The Balaban J connectivity index is 2.00. The minimum atomic E-state index is -0.561. The number of allylic oxidation sites excluding steroid dienone is 4. The fourth-order valence-corrected chi connectivity index (χ4v) is 3.59. The van der Waals surface area contributed by atoms with Crippen LogP contribution in [-0.4, -0.2) is 25.5 Å². The minimum absolute atomic E-state index is 0.215. The number of rotatable bonds is 5. The number of benzene rings is 1. The van der Waals surface area contributed by atoms with E-state index in [0.717, 1.165) is 36.1 Å². The van der Waals surface area contributed by atoms with Gasteiger partial charge in [0.2, 0.25) is 0 Å². The second kappa shape index (κ2) is 7.35. The fourth-order valence-electron chi connectivity index (χ4n) is 3.59. The molecule has 1 atom stereocenters. The summed E-state index contributed by atoms with van der Waals surface area (Å²) in [5, 5.41) is 9.15. The monoisotopic (exact) mass is 338 g/mol. The zero-order chi connectivity index (χ0) is 17.9. The molecular formula is C21H23FN2O. The van der Waals surface area contributed by atoms with Crippen LogP contribution in [0.4, 0.5) is 4.39 Å². The topological polar surface area (TPSA) is 36.3 Å². The molecule has 4 heteroatoms. The van der Waals surface area contributed by atoms with Crippen LogP contribution in [0, 0.1) is 11.3 Å². The van der Waals surface area contributed by atoms with Crippen molar-refractivity contribution in [2.75, 3.05) is 20.6 Å². The zero-order valence-corrected chi connectivity index (χ0v) is 14.8. The molecule has 130 valence electrons. The molecular weight excluding hydrogens is 315 g/mol. The van der Waals surface area contributed by atoms with E-state index in [-0.39, 0.29) is 5.83 Å². The first-order chi connectivity index (χ1) is 12.0. The second-order valence-electron chi connectivity index (χ2n) is 6.82. The van der Waals surface area contributed by atoms with Gasteiger partial charge in [-0.05, 0) is 80.9 Å². The van der Waals surface area contributed by atoms with Gasteiger partial charge in [0.15, 0.2) is 0 Å². The van der Waals surface area contributed by atoms with E-state index in [2.05, 4.69) is 25.1 Å². The highest BCUT2D eigenvalue weighted by molar-refractivity contribution is 5.50. The third-order valence-corrected chi connectivity index (χ3v) is 4.82. The number of fused-ring (bicyclic) bond motifs is 1. The van der Waals surface area contributed by atoms with Gasteiger partial charge < -0.3 is 9.64 Å². The first kappa shape index (κ1) is 17.6. The Bertz CT molecular complexity index is 786. The van der Waals surface area contributed by atoms with E-state index in [1.54, 1.807) is 6.08 Å². The van der Waals surface area contributed by atoms with Crippen molar-refractivity contribution >= 4 is 0 Å². The van der Waals surface area contributed by atoms with Crippen LogP contribution in [0.25, 0.3) is 0 Å². The Kier molecular flexibility index (Phi) is 5.17. The molecule has 0 aromatic heterocycles. The van der Waals surface area contributed by atoms with Crippen molar-refractivity contribution in [1.82, 2.24) is 4.90 Å². The Morgan fingerprint density at radius 1 is 1.28 bits per heavy atom.